The Morgan fingerprint density at radius 3 is 2.68 bits per heavy atom. The number of nitrogens with zero attached hydrogens (tertiary/aromatic N) is 7. The first-order valence-corrected chi connectivity index (χ1v) is 10.1. The van der Waals surface area contributed by atoms with Crippen LogP contribution in [0.1, 0.15) is 22.6 Å². The largest absolute Gasteiger partial charge is 0.416 e. The van der Waals surface area contributed by atoms with Crippen molar-refractivity contribution >= 4 is 11.2 Å². The van der Waals surface area contributed by atoms with Crippen LogP contribution in [0.2, 0.25) is 0 Å². The maximum absolute atomic E-state index is 13.0. The van der Waals surface area contributed by atoms with Gasteiger partial charge in [0.05, 0.1) is 12.1 Å². The lowest BCUT2D eigenvalue weighted by Gasteiger charge is -2.08. The van der Waals surface area contributed by atoms with Gasteiger partial charge in [0.25, 0.3) is 5.56 Å². The highest BCUT2D eigenvalue weighted by Crippen LogP contribution is 2.29. The number of halogens is 3. The van der Waals surface area contributed by atoms with E-state index in [2.05, 4.69) is 25.4 Å². The summed E-state index contributed by atoms with van der Waals surface area (Å²) in [6.07, 6.45) is -3.17. The summed E-state index contributed by atoms with van der Waals surface area (Å²) in [5.41, 5.74) is 1.06. The molecule has 12 heteroatoms. The molecule has 5 rings (SSSR count). The zero-order valence-corrected chi connectivity index (χ0v) is 17.7. The molecule has 0 atom stereocenters. The number of aryl methyl sites for hydroxylation is 1. The molecule has 0 N–H and O–H groups in total. The topological polar surface area (TPSA) is 105 Å². The Morgan fingerprint density at radius 2 is 1.88 bits per heavy atom. The molecule has 0 saturated heterocycles. The number of aromatic nitrogens is 7. The lowest BCUT2D eigenvalue weighted by molar-refractivity contribution is -0.137. The van der Waals surface area contributed by atoms with Crippen molar-refractivity contribution in [2.45, 2.75) is 26.2 Å². The molecule has 0 amide bonds. The Bertz CT molecular complexity index is 1550. The van der Waals surface area contributed by atoms with Crippen molar-refractivity contribution in [1.29, 1.82) is 0 Å². The molecule has 3 aromatic heterocycles. The van der Waals surface area contributed by atoms with Gasteiger partial charge >= 0.3 is 6.18 Å². The fourth-order valence-electron chi connectivity index (χ4n) is 3.49. The molecular formula is C22H16F3N7O2. The maximum atomic E-state index is 13.0. The SMILES string of the molecule is Cc1cccc(-c2noc(Cn3cnc4c(nnn4Cc4cccc(C(F)(F)F)c4)c3=O)n2)c1. The number of benzene rings is 2. The maximum Gasteiger partial charge on any atom is 0.416 e. The van der Waals surface area contributed by atoms with Crippen LogP contribution in [-0.4, -0.2) is 34.7 Å². The van der Waals surface area contributed by atoms with Crippen molar-refractivity contribution in [2.24, 2.45) is 0 Å². The monoisotopic (exact) mass is 467 g/mol. The van der Waals surface area contributed by atoms with Gasteiger partial charge in [-0.25, -0.2) is 9.67 Å². The summed E-state index contributed by atoms with van der Waals surface area (Å²) < 4.78 is 46.7. The molecule has 172 valence electrons. The molecule has 34 heavy (non-hydrogen) atoms. The van der Waals surface area contributed by atoms with Crippen molar-refractivity contribution in [2.75, 3.05) is 0 Å². The number of rotatable bonds is 5. The molecule has 0 aliphatic carbocycles. The van der Waals surface area contributed by atoms with Gasteiger partial charge in [-0.1, -0.05) is 46.3 Å². The Morgan fingerprint density at radius 1 is 1.06 bits per heavy atom. The molecule has 0 saturated carbocycles. The minimum atomic E-state index is -4.46. The zero-order chi connectivity index (χ0) is 23.9. The third-order valence-corrected chi connectivity index (χ3v) is 5.13. The highest BCUT2D eigenvalue weighted by Gasteiger charge is 2.30. The van der Waals surface area contributed by atoms with Gasteiger partial charge in [0.15, 0.2) is 11.2 Å². The standard InChI is InChI=1S/C22H16F3N7O2/c1-13-4-2-6-15(8-13)19-27-17(34-29-19)11-31-12-26-20-18(21(31)33)28-30-32(20)10-14-5-3-7-16(9-14)22(23,24)25/h2-9,12H,10-11H2,1H3. The van der Waals surface area contributed by atoms with E-state index in [4.69, 9.17) is 4.52 Å². The molecule has 0 bridgehead atoms. The average molecular weight is 467 g/mol. The van der Waals surface area contributed by atoms with Crippen LogP contribution < -0.4 is 5.56 Å². The second-order valence-electron chi connectivity index (χ2n) is 7.68. The highest BCUT2D eigenvalue weighted by molar-refractivity contribution is 5.67. The third kappa shape index (κ3) is 4.17. The van der Waals surface area contributed by atoms with Gasteiger partial charge in [0.1, 0.15) is 12.9 Å². The van der Waals surface area contributed by atoms with Crippen molar-refractivity contribution in [1.82, 2.24) is 34.7 Å². The molecular weight excluding hydrogens is 451 g/mol. The van der Waals surface area contributed by atoms with Crippen LogP contribution in [0.15, 0.2) is 64.2 Å². The second kappa shape index (κ2) is 8.21. The highest BCUT2D eigenvalue weighted by atomic mass is 19.4. The Labute approximate surface area is 189 Å². The Hall–Kier alpha value is -4.35. The molecule has 5 aromatic rings. The first-order valence-electron chi connectivity index (χ1n) is 10.1. The fraction of sp³-hybridized carbons (Fsp3) is 0.182. The van der Waals surface area contributed by atoms with Crippen LogP contribution in [0.25, 0.3) is 22.6 Å². The number of alkyl halides is 3. The van der Waals surface area contributed by atoms with Gasteiger partial charge in [-0.05, 0) is 30.7 Å². The first-order chi connectivity index (χ1) is 16.3. The summed E-state index contributed by atoms with van der Waals surface area (Å²) in [6.45, 7) is 1.90. The summed E-state index contributed by atoms with van der Waals surface area (Å²) in [5, 5.41) is 11.7. The van der Waals surface area contributed by atoms with E-state index >= 15 is 0 Å². The Balaban J connectivity index is 1.40. The molecule has 0 aliphatic heterocycles. The van der Waals surface area contributed by atoms with Gasteiger partial charge in [-0.15, -0.1) is 5.10 Å². The van der Waals surface area contributed by atoms with E-state index in [-0.39, 0.29) is 30.1 Å². The molecule has 0 unspecified atom stereocenters. The normalized spacial score (nSPS) is 11.9. The fourth-order valence-corrected chi connectivity index (χ4v) is 3.49. The number of fused-ring (bicyclic) bond motifs is 1. The Kier molecular flexibility index (Phi) is 5.19. The molecule has 3 heterocycles. The molecule has 2 aromatic carbocycles. The van der Waals surface area contributed by atoms with E-state index in [9.17, 15) is 18.0 Å². The smallest absolute Gasteiger partial charge is 0.337 e. The molecule has 0 fully saturated rings. The van der Waals surface area contributed by atoms with Crippen LogP contribution in [0.5, 0.6) is 0 Å². The minimum absolute atomic E-state index is 0.0205. The zero-order valence-electron chi connectivity index (χ0n) is 17.7. The molecule has 0 aliphatic rings. The quantitative estimate of drug-likeness (QED) is 0.390. The predicted octanol–water partition coefficient (Wildman–Crippen LogP) is 3.46. The van der Waals surface area contributed by atoms with Crippen molar-refractivity contribution in [3.05, 3.63) is 87.8 Å². The van der Waals surface area contributed by atoms with Crippen molar-refractivity contribution in [3.63, 3.8) is 0 Å². The van der Waals surface area contributed by atoms with E-state index in [1.807, 2.05) is 31.2 Å². The number of hydrogen-bond donors (Lipinski definition) is 0. The van der Waals surface area contributed by atoms with E-state index in [0.717, 1.165) is 23.3 Å². The van der Waals surface area contributed by atoms with Gasteiger partial charge in [-0.3, -0.25) is 9.36 Å². The van der Waals surface area contributed by atoms with Gasteiger partial charge in [-0.2, -0.15) is 18.2 Å². The third-order valence-electron chi connectivity index (χ3n) is 5.13. The van der Waals surface area contributed by atoms with Crippen molar-refractivity contribution in [3.8, 4) is 11.4 Å². The second-order valence-corrected chi connectivity index (χ2v) is 7.68. The lowest BCUT2D eigenvalue weighted by atomic mass is 10.1. The molecule has 0 radical (unpaired) electrons. The van der Waals surface area contributed by atoms with Crippen LogP contribution >= 0.6 is 0 Å². The summed E-state index contributed by atoms with van der Waals surface area (Å²) in [6, 6.07) is 12.5. The van der Waals surface area contributed by atoms with Crippen LogP contribution in [0, 0.1) is 6.92 Å². The summed E-state index contributed by atoms with van der Waals surface area (Å²) >= 11 is 0. The summed E-state index contributed by atoms with van der Waals surface area (Å²) in [5.74, 6) is 0.601. The molecule has 0 spiro atoms. The molecule has 9 nitrogen and oxygen atoms in total. The lowest BCUT2D eigenvalue weighted by Crippen LogP contribution is -2.21. The summed E-state index contributed by atoms with van der Waals surface area (Å²) in [7, 11) is 0. The van der Waals surface area contributed by atoms with Gasteiger partial charge < -0.3 is 4.52 Å². The predicted molar refractivity (Wildman–Crippen MR) is 114 cm³/mol. The van der Waals surface area contributed by atoms with Crippen LogP contribution in [0.4, 0.5) is 13.2 Å². The first kappa shape index (κ1) is 21.5. The van der Waals surface area contributed by atoms with Gasteiger partial charge in [0.2, 0.25) is 11.7 Å². The van der Waals surface area contributed by atoms with E-state index in [0.29, 0.717) is 11.4 Å². The summed E-state index contributed by atoms with van der Waals surface area (Å²) in [4.78, 5) is 21.4. The van der Waals surface area contributed by atoms with Crippen LogP contribution in [-0.2, 0) is 19.3 Å². The van der Waals surface area contributed by atoms with E-state index in [1.165, 1.54) is 27.7 Å². The van der Waals surface area contributed by atoms with E-state index in [1.54, 1.807) is 0 Å². The van der Waals surface area contributed by atoms with Gasteiger partial charge in [0, 0.05) is 5.56 Å². The minimum Gasteiger partial charge on any atom is -0.337 e. The number of hydrogen-bond acceptors (Lipinski definition) is 7. The average Bonchev–Trinajstić information content (AvgIpc) is 3.43. The van der Waals surface area contributed by atoms with Crippen LogP contribution in [0.3, 0.4) is 0 Å². The van der Waals surface area contributed by atoms with E-state index < -0.39 is 17.3 Å². The van der Waals surface area contributed by atoms with Crippen molar-refractivity contribution < 1.29 is 17.7 Å².